The summed E-state index contributed by atoms with van der Waals surface area (Å²) in [5.41, 5.74) is 3.07. The molecule has 0 aromatic heterocycles. The fraction of sp³-hybridized carbons (Fsp3) is 0.448. The lowest BCUT2D eigenvalue weighted by Crippen LogP contribution is -2.35. The molecule has 1 saturated carbocycles. The molecule has 0 spiro atoms. The first kappa shape index (κ1) is 26.2. The third-order valence-corrected chi connectivity index (χ3v) is 9.30. The van der Waals surface area contributed by atoms with Gasteiger partial charge in [-0.25, -0.2) is 13.1 Å². The van der Waals surface area contributed by atoms with Crippen LogP contribution in [0.25, 0.3) is 10.8 Å². The number of rotatable bonds is 8. The molecular formula is C29H37ClN2O2S. The first-order valence-electron chi connectivity index (χ1n) is 12.8. The van der Waals surface area contributed by atoms with E-state index in [1.165, 1.54) is 43.2 Å². The number of fused-ring (bicyclic) bond motifs is 2. The average molecular weight is 513 g/mol. The van der Waals surface area contributed by atoms with E-state index in [0.29, 0.717) is 23.3 Å². The Morgan fingerprint density at radius 2 is 1.31 bits per heavy atom. The smallest absolute Gasteiger partial charge is 0.240 e. The van der Waals surface area contributed by atoms with Crippen LogP contribution in [0.3, 0.4) is 0 Å². The molecule has 0 heterocycles. The highest BCUT2D eigenvalue weighted by Gasteiger charge is 2.24. The Bertz CT molecular complexity index is 1220. The molecule has 0 bridgehead atoms. The van der Waals surface area contributed by atoms with E-state index in [-0.39, 0.29) is 12.4 Å². The van der Waals surface area contributed by atoms with E-state index in [1.807, 2.05) is 30.3 Å². The third kappa shape index (κ3) is 6.65. The van der Waals surface area contributed by atoms with Gasteiger partial charge in [-0.1, -0.05) is 54.6 Å². The van der Waals surface area contributed by atoms with Crippen molar-refractivity contribution in [3.8, 4) is 0 Å². The van der Waals surface area contributed by atoms with E-state index in [2.05, 4.69) is 34.3 Å². The molecule has 4 nitrogen and oxygen atoms in total. The summed E-state index contributed by atoms with van der Waals surface area (Å²) in [4.78, 5) is 0.356. The molecule has 188 valence electrons. The monoisotopic (exact) mass is 512 g/mol. The predicted octanol–water partition coefficient (Wildman–Crippen LogP) is 5.74. The van der Waals surface area contributed by atoms with Crippen molar-refractivity contribution in [1.29, 1.82) is 0 Å². The maximum Gasteiger partial charge on any atom is 0.240 e. The Labute approximate surface area is 216 Å². The molecule has 0 radical (unpaired) electrons. The number of benzene rings is 3. The van der Waals surface area contributed by atoms with Crippen LogP contribution in [-0.2, 0) is 22.9 Å². The van der Waals surface area contributed by atoms with Gasteiger partial charge in [-0.05, 0) is 110 Å². The van der Waals surface area contributed by atoms with Crippen molar-refractivity contribution in [2.75, 3.05) is 19.6 Å². The highest BCUT2D eigenvalue weighted by Crippen LogP contribution is 2.29. The minimum atomic E-state index is -3.47. The summed E-state index contributed by atoms with van der Waals surface area (Å²) >= 11 is 0. The number of aryl methyl sites for hydroxylation is 1. The quantitative estimate of drug-likeness (QED) is 0.404. The van der Waals surface area contributed by atoms with Crippen molar-refractivity contribution in [2.45, 2.75) is 49.8 Å². The van der Waals surface area contributed by atoms with Gasteiger partial charge >= 0.3 is 0 Å². The predicted molar refractivity (Wildman–Crippen MR) is 147 cm³/mol. The molecular weight excluding hydrogens is 476 g/mol. The Morgan fingerprint density at radius 1 is 0.686 bits per heavy atom. The molecule has 3 aromatic carbocycles. The number of sulfonamides is 1. The van der Waals surface area contributed by atoms with Crippen molar-refractivity contribution in [3.63, 3.8) is 0 Å². The van der Waals surface area contributed by atoms with E-state index >= 15 is 0 Å². The Balaban J connectivity index is 0.00000289. The molecule has 5 rings (SSSR count). The average Bonchev–Trinajstić information content (AvgIpc) is 2.88. The zero-order valence-electron chi connectivity index (χ0n) is 20.3. The largest absolute Gasteiger partial charge is 0.316 e. The lowest BCUT2D eigenvalue weighted by atomic mass is 9.81. The van der Waals surface area contributed by atoms with Gasteiger partial charge < -0.3 is 5.32 Å². The number of hydrogen-bond acceptors (Lipinski definition) is 3. The van der Waals surface area contributed by atoms with Gasteiger partial charge in [0.15, 0.2) is 0 Å². The molecule has 0 aliphatic heterocycles. The van der Waals surface area contributed by atoms with Crippen molar-refractivity contribution >= 4 is 33.2 Å². The second kappa shape index (κ2) is 11.9. The first-order chi connectivity index (χ1) is 16.6. The van der Waals surface area contributed by atoms with E-state index < -0.39 is 10.0 Å². The standard InChI is InChI=1S/C29H36N2O2S.ClH/c32-34(33,29-16-15-26-6-2-4-8-28(26)18-29)31-21-23-11-9-22(10-12-23)19-30-20-24-13-14-25-5-1-3-7-27(25)17-24;/h1-8,15-16,18,22-24,30-31H,9-14,17,19-21H2;1H. The summed E-state index contributed by atoms with van der Waals surface area (Å²) in [6.45, 7) is 2.74. The lowest BCUT2D eigenvalue weighted by Gasteiger charge is -2.30. The zero-order valence-corrected chi connectivity index (χ0v) is 21.9. The number of nitrogens with one attached hydrogen (secondary N) is 2. The van der Waals surface area contributed by atoms with Crippen LogP contribution in [0, 0.1) is 17.8 Å². The fourth-order valence-corrected chi connectivity index (χ4v) is 6.88. The minimum absolute atomic E-state index is 0. The molecule has 1 unspecified atom stereocenters. The van der Waals surface area contributed by atoms with Gasteiger partial charge in [0.1, 0.15) is 0 Å². The number of halogens is 1. The van der Waals surface area contributed by atoms with E-state index in [0.717, 1.165) is 42.6 Å². The Hall–Kier alpha value is -1.92. The van der Waals surface area contributed by atoms with Crippen LogP contribution >= 0.6 is 12.4 Å². The van der Waals surface area contributed by atoms with Crippen LogP contribution in [0.2, 0.25) is 0 Å². The maximum atomic E-state index is 12.8. The van der Waals surface area contributed by atoms with Crippen LogP contribution < -0.4 is 10.0 Å². The fourth-order valence-electron chi connectivity index (χ4n) is 5.72. The summed E-state index contributed by atoms with van der Waals surface area (Å²) in [5.74, 6) is 1.89. The van der Waals surface area contributed by atoms with Gasteiger partial charge in [0, 0.05) is 6.54 Å². The molecule has 2 aliphatic carbocycles. The van der Waals surface area contributed by atoms with Gasteiger partial charge in [-0.3, -0.25) is 0 Å². The second-order valence-corrected chi connectivity index (χ2v) is 12.1. The van der Waals surface area contributed by atoms with E-state index in [1.54, 1.807) is 12.1 Å². The highest BCUT2D eigenvalue weighted by atomic mass is 35.5. The molecule has 0 amide bonds. The SMILES string of the molecule is Cl.O=S(=O)(NCC1CCC(CNCC2CCc3ccccc3C2)CC1)c1ccc2ccccc2c1. The van der Waals surface area contributed by atoms with Gasteiger partial charge in [0.05, 0.1) is 4.90 Å². The zero-order chi connectivity index (χ0) is 23.4. The molecule has 35 heavy (non-hydrogen) atoms. The maximum absolute atomic E-state index is 12.8. The van der Waals surface area contributed by atoms with Crippen LogP contribution in [0.4, 0.5) is 0 Å². The van der Waals surface area contributed by atoms with Crippen LogP contribution in [0.15, 0.2) is 71.6 Å². The summed E-state index contributed by atoms with van der Waals surface area (Å²) in [6.07, 6.45) is 8.27. The van der Waals surface area contributed by atoms with Crippen molar-refractivity contribution in [3.05, 3.63) is 77.9 Å². The van der Waals surface area contributed by atoms with Crippen molar-refractivity contribution < 1.29 is 8.42 Å². The minimum Gasteiger partial charge on any atom is -0.316 e. The summed E-state index contributed by atoms with van der Waals surface area (Å²) < 4.78 is 28.5. The van der Waals surface area contributed by atoms with Gasteiger partial charge in [-0.2, -0.15) is 0 Å². The van der Waals surface area contributed by atoms with Crippen molar-refractivity contribution in [2.24, 2.45) is 17.8 Å². The van der Waals surface area contributed by atoms with Gasteiger partial charge in [0.25, 0.3) is 0 Å². The number of hydrogen-bond donors (Lipinski definition) is 2. The first-order valence-corrected chi connectivity index (χ1v) is 14.3. The lowest BCUT2D eigenvalue weighted by molar-refractivity contribution is 0.263. The Kier molecular flexibility index (Phi) is 8.87. The van der Waals surface area contributed by atoms with Crippen LogP contribution in [-0.4, -0.2) is 28.1 Å². The molecule has 6 heteroatoms. The second-order valence-electron chi connectivity index (χ2n) is 10.3. The topological polar surface area (TPSA) is 58.2 Å². The Morgan fingerprint density at radius 3 is 2.09 bits per heavy atom. The normalized spacial score (nSPS) is 22.3. The van der Waals surface area contributed by atoms with Crippen LogP contribution in [0.5, 0.6) is 0 Å². The third-order valence-electron chi connectivity index (χ3n) is 7.87. The van der Waals surface area contributed by atoms with Gasteiger partial charge in [-0.15, -0.1) is 12.4 Å². The molecule has 1 atom stereocenters. The summed E-state index contributed by atoms with van der Waals surface area (Å²) in [6, 6.07) is 22.1. The van der Waals surface area contributed by atoms with E-state index in [9.17, 15) is 8.42 Å². The van der Waals surface area contributed by atoms with Crippen molar-refractivity contribution in [1.82, 2.24) is 10.0 Å². The molecule has 2 aliphatic rings. The van der Waals surface area contributed by atoms with Gasteiger partial charge in [0.2, 0.25) is 10.0 Å². The molecule has 0 saturated heterocycles. The van der Waals surface area contributed by atoms with Crippen LogP contribution in [0.1, 0.15) is 43.2 Å². The van der Waals surface area contributed by atoms with E-state index in [4.69, 9.17) is 0 Å². The highest BCUT2D eigenvalue weighted by molar-refractivity contribution is 7.89. The molecule has 2 N–H and O–H groups in total. The summed E-state index contributed by atoms with van der Waals surface area (Å²) in [5, 5.41) is 5.76. The molecule has 3 aromatic rings. The summed E-state index contributed by atoms with van der Waals surface area (Å²) in [7, 11) is -3.47. The molecule has 1 fully saturated rings.